The lowest BCUT2D eigenvalue weighted by Crippen LogP contribution is -2.22. The monoisotopic (exact) mass is 315 g/mol. The number of pyridine rings is 1. The largest absolute Gasteiger partial charge is 0.389 e. The summed E-state index contributed by atoms with van der Waals surface area (Å²) < 4.78 is 7.48. The zero-order chi connectivity index (χ0) is 15.2. The number of imidazole rings is 1. The molecule has 0 saturated heterocycles. The highest BCUT2D eigenvalue weighted by Crippen LogP contribution is 2.16. The quantitative estimate of drug-likeness (QED) is 0.728. The Bertz CT molecular complexity index is 683. The summed E-state index contributed by atoms with van der Waals surface area (Å²) in [7, 11) is 0. The summed E-state index contributed by atoms with van der Waals surface area (Å²) in [5, 5.41) is 12.2. The molecule has 3 heterocycles. The number of hydrogen-bond acceptors (Lipinski definition) is 5. The van der Waals surface area contributed by atoms with E-state index in [1.54, 1.807) is 29.9 Å². The molecule has 3 aromatic heterocycles. The van der Waals surface area contributed by atoms with E-state index in [1.807, 2.05) is 40.4 Å². The number of aromatic nitrogens is 3. The lowest BCUT2D eigenvalue weighted by Gasteiger charge is -2.14. The van der Waals surface area contributed by atoms with E-state index in [9.17, 15) is 5.11 Å². The van der Waals surface area contributed by atoms with Gasteiger partial charge in [0.2, 0.25) is 0 Å². The first-order valence-corrected chi connectivity index (χ1v) is 7.90. The molecule has 3 rings (SSSR count). The first-order valence-electron chi connectivity index (χ1n) is 7.02. The normalized spacial score (nSPS) is 12.4. The highest BCUT2D eigenvalue weighted by molar-refractivity contribution is 7.09. The fourth-order valence-electron chi connectivity index (χ4n) is 2.19. The SMILES string of the molecule is OC(COCc1cccs1)Cn1ccnc1-c1ccncc1. The molecule has 0 spiro atoms. The molecule has 1 atom stereocenters. The summed E-state index contributed by atoms with van der Waals surface area (Å²) >= 11 is 1.65. The minimum Gasteiger partial charge on any atom is -0.389 e. The summed E-state index contributed by atoms with van der Waals surface area (Å²) in [6, 6.07) is 7.82. The highest BCUT2D eigenvalue weighted by Gasteiger charge is 2.11. The van der Waals surface area contributed by atoms with Gasteiger partial charge in [-0.2, -0.15) is 0 Å². The van der Waals surface area contributed by atoms with Gasteiger partial charge in [-0.25, -0.2) is 4.98 Å². The number of aliphatic hydroxyl groups excluding tert-OH is 1. The predicted molar refractivity (Wildman–Crippen MR) is 85.4 cm³/mol. The maximum Gasteiger partial charge on any atom is 0.140 e. The second-order valence-electron chi connectivity index (χ2n) is 4.89. The number of nitrogens with zero attached hydrogens (tertiary/aromatic N) is 3. The molecule has 5 nitrogen and oxygen atoms in total. The van der Waals surface area contributed by atoms with Crippen LogP contribution < -0.4 is 0 Å². The van der Waals surface area contributed by atoms with Crippen LogP contribution in [-0.2, 0) is 17.9 Å². The third-order valence-electron chi connectivity index (χ3n) is 3.20. The first kappa shape index (κ1) is 14.9. The average Bonchev–Trinajstić information content (AvgIpc) is 3.20. The van der Waals surface area contributed by atoms with E-state index in [2.05, 4.69) is 9.97 Å². The van der Waals surface area contributed by atoms with Crippen molar-refractivity contribution in [3.8, 4) is 11.4 Å². The Labute approximate surface area is 132 Å². The molecule has 6 heteroatoms. The van der Waals surface area contributed by atoms with Gasteiger partial charge in [-0.3, -0.25) is 4.98 Å². The number of rotatable bonds is 7. The second kappa shape index (κ2) is 7.31. The Balaban J connectivity index is 1.56. The maximum absolute atomic E-state index is 10.1. The maximum atomic E-state index is 10.1. The molecule has 114 valence electrons. The van der Waals surface area contributed by atoms with Crippen molar-refractivity contribution in [2.75, 3.05) is 6.61 Å². The van der Waals surface area contributed by atoms with Crippen LogP contribution in [0.3, 0.4) is 0 Å². The van der Waals surface area contributed by atoms with Crippen molar-refractivity contribution < 1.29 is 9.84 Å². The lowest BCUT2D eigenvalue weighted by molar-refractivity contribution is 0.0215. The topological polar surface area (TPSA) is 60.2 Å². The Kier molecular flexibility index (Phi) is 4.95. The van der Waals surface area contributed by atoms with Gasteiger partial charge in [0.05, 0.1) is 25.9 Å². The molecule has 0 bridgehead atoms. The van der Waals surface area contributed by atoms with Gasteiger partial charge in [0, 0.05) is 35.2 Å². The standard InChI is InChI=1S/C16H17N3O2S/c20-14(11-21-12-15-2-1-9-22-15)10-19-8-7-18-16(19)13-3-5-17-6-4-13/h1-9,14,20H,10-12H2. The molecule has 1 unspecified atom stereocenters. The molecule has 22 heavy (non-hydrogen) atoms. The molecule has 0 fully saturated rings. The molecule has 0 aliphatic heterocycles. The summed E-state index contributed by atoms with van der Waals surface area (Å²) in [5.74, 6) is 0.819. The Hall–Kier alpha value is -2.02. The minimum atomic E-state index is -0.574. The van der Waals surface area contributed by atoms with Crippen LogP contribution in [0.2, 0.25) is 0 Å². The smallest absolute Gasteiger partial charge is 0.140 e. The van der Waals surface area contributed by atoms with Crippen molar-refractivity contribution in [3.05, 3.63) is 59.3 Å². The number of hydrogen-bond donors (Lipinski definition) is 1. The Morgan fingerprint density at radius 2 is 2.09 bits per heavy atom. The lowest BCUT2D eigenvalue weighted by atomic mass is 10.2. The molecule has 0 amide bonds. The van der Waals surface area contributed by atoms with E-state index in [1.165, 1.54) is 0 Å². The third-order valence-corrected chi connectivity index (χ3v) is 4.05. The van der Waals surface area contributed by atoms with E-state index in [4.69, 9.17) is 4.74 Å². The number of aliphatic hydroxyl groups is 1. The van der Waals surface area contributed by atoms with Gasteiger partial charge in [0.1, 0.15) is 5.82 Å². The van der Waals surface area contributed by atoms with Crippen LogP contribution in [0, 0.1) is 0 Å². The van der Waals surface area contributed by atoms with Crippen LogP contribution in [0.25, 0.3) is 11.4 Å². The molecular weight excluding hydrogens is 298 g/mol. The number of thiophene rings is 1. The summed E-state index contributed by atoms with van der Waals surface area (Å²) in [5.41, 5.74) is 0.978. The molecule has 0 saturated carbocycles. The van der Waals surface area contributed by atoms with E-state index in [0.717, 1.165) is 16.3 Å². The van der Waals surface area contributed by atoms with Gasteiger partial charge in [0.15, 0.2) is 0 Å². The first-order chi connectivity index (χ1) is 10.8. The zero-order valence-corrected chi connectivity index (χ0v) is 12.8. The van der Waals surface area contributed by atoms with Crippen molar-refractivity contribution in [2.45, 2.75) is 19.3 Å². The van der Waals surface area contributed by atoms with Crippen LogP contribution in [0.4, 0.5) is 0 Å². The van der Waals surface area contributed by atoms with Gasteiger partial charge in [-0.05, 0) is 23.6 Å². The third kappa shape index (κ3) is 3.79. The highest BCUT2D eigenvalue weighted by atomic mass is 32.1. The van der Waals surface area contributed by atoms with E-state index >= 15 is 0 Å². The second-order valence-corrected chi connectivity index (χ2v) is 5.92. The van der Waals surface area contributed by atoms with Gasteiger partial charge >= 0.3 is 0 Å². The van der Waals surface area contributed by atoms with Crippen LogP contribution in [0.5, 0.6) is 0 Å². The molecule has 0 aliphatic rings. The summed E-state index contributed by atoms with van der Waals surface area (Å²) in [6.07, 6.45) is 6.48. The van der Waals surface area contributed by atoms with E-state index in [-0.39, 0.29) is 0 Å². The van der Waals surface area contributed by atoms with Gasteiger partial charge in [0.25, 0.3) is 0 Å². The number of ether oxygens (including phenoxy) is 1. The van der Waals surface area contributed by atoms with Crippen LogP contribution >= 0.6 is 11.3 Å². The molecule has 0 aliphatic carbocycles. The van der Waals surface area contributed by atoms with E-state index in [0.29, 0.717) is 19.8 Å². The van der Waals surface area contributed by atoms with Gasteiger partial charge in [-0.15, -0.1) is 11.3 Å². The summed E-state index contributed by atoms with van der Waals surface area (Å²) in [4.78, 5) is 9.51. The van der Waals surface area contributed by atoms with Crippen molar-refractivity contribution in [3.63, 3.8) is 0 Å². The fraction of sp³-hybridized carbons (Fsp3) is 0.250. The minimum absolute atomic E-state index is 0.297. The molecule has 0 radical (unpaired) electrons. The Morgan fingerprint density at radius 3 is 2.86 bits per heavy atom. The zero-order valence-electron chi connectivity index (χ0n) is 12.0. The van der Waals surface area contributed by atoms with Crippen LogP contribution in [-0.4, -0.2) is 32.4 Å². The van der Waals surface area contributed by atoms with Crippen molar-refractivity contribution in [1.29, 1.82) is 0 Å². The van der Waals surface area contributed by atoms with Gasteiger partial charge in [-0.1, -0.05) is 6.07 Å². The Morgan fingerprint density at radius 1 is 1.23 bits per heavy atom. The van der Waals surface area contributed by atoms with Crippen molar-refractivity contribution in [1.82, 2.24) is 14.5 Å². The van der Waals surface area contributed by atoms with Crippen LogP contribution in [0.1, 0.15) is 4.88 Å². The van der Waals surface area contributed by atoms with Gasteiger partial charge < -0.3 is 14.4 Å². The molecule has 1 N–H and O–H groups in total. The van der Waals surface area contributed by atoms with Crippen molar-refractivity contribution >= 4 is 11.3 Å². The van der Waals surface area contributed by atoms with Crippen LogP contribution in [0.15, 0.2) is 54.4 Å². The van der Waals surface area contributed by atoms with Crippen molar-refractivity contribution in [2.24, 2.45) is 0 Å². The van der Waals surface area contributed by atoms with E-state index < -0.39 is 6.10 Å². The fourth-order valence-corrected chi connectivity index (χ4v) is 2.83. The molecular formula is C16H17N3O2S. The predicted octanol–water partition coefficient (Wildman–Crippen LogP) is 2.58. The molecule has 3 aromatic rings. The molecule has 0 aromatic carbocycles. The average molecular weight is 315 g/mol. The summed E-state index contributed by atoms with van der Waals surface area (Å²) in [6.45, 7) is 1.28.